The van der Waals surface area contributed by atoms with Gasteiger partial charge in [-0.3, -0.25) is 4.79 Å². The van der Waals surface area contributed by atoms with Crippen molar-refractivity contribution in [3.05, 3.63) is 89.5 Å². The summed E-state index contributed by atoms with van der Waals surface area (Å²) in [5.74, 6) is -0.0347. The molecule has 0 heterocycles. The number of rotatable bonds is 8. The molecule has 0 aliphatic heterocycles. The molecule has 3 aromatic rings. The number of nitrogens with two attached hydrogens (primary N) is 1. The monoisotopic (exact) mass is 500 g/mol. The average Bonchev–Trinajstić information content (AvgIpc) is 2.85. The fraction of sp³-hybridized carbons (Fsp3) is 0.192. The van der Waals surface area contributed by atoms with Crippen LogP contribution in [0.5, 0.6) is 5.75 Å². The number of carbonyl (C=O) groups is 1. The zero-order valence-corrected chi connectivity index (χ0v) is 20.0. The molecule has 0 spiro atoms. The molecule has 3 aromatic carbocycles. The molecule has 36 heavy (non-hydrogen) atoms. The van der Waals surface area contributed by atoms with E-state index in [1.54, 1.807) is 0 Å². The second kappa shape index (κ2) is 13.5. The van der Waals surface area contributed by atoms with E-state index in [0.29, 0.717) is 12.2 Å². The van der Waals surface area contributed by atoms with E-state index in [0.717, 1.165) is 16.8 Å². The smallest absolute Gasteiger partial charge is 0.460 e. The fourth-order valence-electron chi connectivity index (χ4n) is 2.86. The number of hydrogen-bond acceptors (Lipinski definition) is 5. The van der Waals surface area contributed by atoms with Crippen molar-refractivity contribution in [2.24, 2.45) is 15.7 Å². The van der Waals surface area contributed by atoms with Crippen LogP contribution in [-0.2, 0) is 9.53 Å². The van der Waals surface area contributed by atoms with Gasteiger partial charge < -0.3 is 20.5 Å². The van der Waals surface area contributed by atoms with E-state index in [4.69, 9.17) is 10.5 Å². The number of nitrogens with zero attached hydrogens (tertiary/aromatic N) is 2. The summed E-state index contributed by atoms with van der Waals surface area (Å²) in [6, 6.07) is 20.3. The molecule has 0 aliphatic carbocycles. The van der Waals surface area contributed by atoms with E-state index >= 15 is 0 Å². The molecule has 0 saturated carbocycles. The molecule has 1 atom stereocenters. The van der Waals surface area contributed by atoms with Crippen LogP contribution in [-0.4, -0.2) is 32.1 Å². The van der Waals surface area contributed by atoms with Gasteiger partial charge in [-0.1, -0.05) is 29.8 Å². The molecule has 0 aliphatic rings. The van der Waals surface area contributed by atoms with Crippen molar-refractivity contribution in [3.8, 4) is 5.75 Å². The summed E-state index contributed by atoms with van der Waals surface area (Å²) >= 11 is 0. The van der Waals surface area contributed by atoms with Crippen molar-refractivity contribution >= 4 is 30.0 Å². The van der Waals surface area contributed by atoms with E-state index in [-0.39, 0.29) is 17.7 Å². The Morgan fingerprint density at radius 1 is 1.06 bits per heavy atom. The normalized spacial score (nSPS) is 12.3. The first kappa shape index (κ1) is 27.9. The minimum absolute atomic E-state index is 0.151. The first-order valence-electron chi connectivity index (χ1n) is 10.8. The number of amidine groups is 1. The summed E-state index contributed by atoms with van der Waals surface area (Å²) in [5, 5.41) is 2.99. The number of alkyl halides is 3. The van der Waals surface area contributed by atoms with Crippen LogP contribution in [0.4, 0.5) is 24.5 Å². The number of benzene rings is 3. The minimum Gasteiger partial charge on any atom is -0.460 e. The molecule has 0 saturated heterocycles. The summed E-state index contributed by atoms with van der Waals surface area (Å²) < 4.78 is 44.7. The number of nitrogens with one attached hydrogen (secondary N) is 1. The topological polar surface area (TPSA) is 98.3 Å². The Hall–Kier alpha value is -4.34. The van der Waals surface area contributed by atoms with Gasteiger partial charge >= 0.3 is 6.36 Å². The molecule has 0 radical (unpaired) electrons. The van der Waals surface area contributed by atoms with Crippen LogP contribution in [0.15, 0.2) is 82.8 Å². The number of anilines is 1. The molecular formula is C26H27F3N4O3. The van der Waals surface area contributed by atoms with Gasteiger partial charge in [-0.25, -0.2) is 9.98 Å². The lowest BCUT2D eigenvalue weighted by atomic mass is 10.1. The molecule has 0 amide bonds. The number of aliphatic imine (C=N–C) groups is 2. The Kier molecular flexibility index (Phi) is 10.5. The van der Waals surface area contributed by atoms with Crippen LogP contribution in [0.1, 0.15) is 29.7 Å². The molecule has 7 nitrogen and oxygen atoms in total. The minimum atomic E-state index is -4.72. The van der Waals surface area contributed by atoms with Gasteiger partial charge in [0.15, 0.2) is 0 Å². The summed E-state index contributed by atoms with van der Waals surface area (Å²) in [4.78, 5) is 18.1. The maximum atomic E-state index is 12.1. The van der Waals surface area contributed by atoms with E-state index in [2.05, 4.69) is 20.0 Å². The van der Waals surface area contributed by atoms with Crippen LogP contribution >= 0.6 is 0 Å². The van der Waals surface area contributed by atoms with Crippen molar-refractivity contribution < 1.29 is 27.4 Å². The van der Waals surface area contributed by atoms with Gasteiger partial charge in [0.1, 0.15) is 24.0 Å². The van der Waals surface area contributed by atoms with Gasteiger partial charge in [0.25, 0.3) is 6.47 Å². The Morgan fingerprint density at radius 3 is 2.28 bits per heavy atom. The maximum absolute atomic E-state index is 12.1. The molecule has 3 N–H and O–H groups in total. The van der Waals surface area contributed by atoms with Crippen molar-refractivity contribution in [3.63, 3.8) is 0 Å². The van der Waals surface area contributed by atoms with Gasteiger partial charge in [-0.2, -0.15) is 0 Å². The molecule has 0 bridgehead atoms. The predicted octanol–water partition coefficient (Wildman–Crippen LogP) is 5.92. The second-order valence-corrected chi connectivity index (χ2v) is 7.42. The highest BCUT2D eigenvalue weighted by Crippen LogP contribution is 2.24. The van der Waals surface area contributed by atoms with E-state index in [1.165, 1.54) is 36.2 Å². The van der Waals surface area contributed by atoms with Crippen molar-refractivity contribution in [1.29, 1.82) is 0 Å². The number of halogens is 3. The van der Waals surface area contributed by atoms with Crippen molar-refractivity contribution in [2.75, 3.05) is 12.4 Å². The summed E-state index contributed by atoms with van der Waals surface area (Å²) in [6.45, 7) is 4.34. The fourth-order valence-corrected chi connectivity index (χ4v) is 2.86. The summed E-state index contributed by atoms with van der Waals surface area (Å²) in [6.07, 6.45) is -3.63. The zero-order chi connectivity index (χ0) is 26.6. The summed E-state index contributed by atoms with van der Waals surface area (Å²) in [5.41, 5.74) is 10.1. The average molecular weight is 501 g/mol. The number of ether oxygens (including phenoxy) is 2. The number of carbonyl (C=O) groups excluding carboxylic acids is 1. The molecular weight excluding hydrogens is 473 g/mol. The second-order valence-electron chi connectivity index (χ2n) is 7.42. The zero-order valence-electron chi connectivity index (χ0n) is 20.0. The van der Waals surface area contributed by atoms with Gasteiger partial charge in [0.05, 0.1) is 5.69 Å². The van der Waals surface area contributed by atoms with E-state index in [1.807, 2.05) is 69.4 Å². The first-order chi connectivity index (χ1) is 17.1. The molecule has 0 aromatic heterocycles. The van der Waals surface area contributed by atoms with Gasteiger partial charge in [-0.05, 0) is 67.9 Å². The first-order valence-corrected chi connectivity index (χ1v) is 10.8. The van der Waals surface area contributed by atoms with Crippen LogP contribution in [0.3, 0.4) is 0 Å². The molecule has 190 valence electrons. The number of hydrogen-bond donors (Lipinski definition) is 2. The Labute approximate surface area is 207 Å². The Balaban J connectivity index is 0.000000319. The standard InChI is InChI=1S/C16H15F3N4O.C10H12O2/c1-21-12-4-2-11(3-5-12)15(20)23-10-22-13-6-8-14(9-7-13)24-16(17,18)19;1-8-4-3-5-10(6-8)9(2)12-7-11/h2-10,21H,1H3,(H2,20,22,23);3-7,9H,1-2H3. The largest absolute Gasteiger partial charge is 0.573 e. The molecule has 0 fully saturated rings. The van der Waals surface area contributed by atoms with Crippen LogP contribution in [0, 0.1) is 6.92 Å². The summed E-state index contributed by atoms with van der Waals surface area (Å²) in [7, 11) is 1.81. The lowest BCUT2D eigenvalue weighted by Crippen LogP contribution is -2.16. The number of aryl methyl sites for hydroxylation is 1. The lowest BCUT2D eigenvalue weighted by Gasteiger charge is -2.09. The Morgan fingerprint density at radius 2 is 1.72 bits per heavy atom. The van der Waals surface area contributed by atoms with Crippen molar-refractivity contribution in [1.82, 2.24) is 0 Å². The SMILES string of the molecule is CNc1ccc(C(N)=NC=Nc2ccc(OC(F)(F)F)cc2)cc1.Cc1cccc(C(C)OC=O)c1. The third kappa shape index (κ3) is 9.88. The third-order valence-corrected chi connectivity index (χ3v) is 4.71. The van der Waals surface area contributed by atoms with Gasteiger partial charge in [0.2, 0.25) is 0 Å². The van der Waals surface area contributed by atoms with Crippen LogP contribution < -0.4 is 15.8 Å². The highest BCUT2D eigenvalue weighted by molar-refractivity contribution is 6.01. The maximum Gasteiger partial charge on any atom is 0.573 e. The molecule has 10 heteroatoms. The van der Waals surface area contributed by atoms with E-state index in [9.17, 15) is 18.0 Å². The Bertz CT molecular complexity index is 1160. The highest BCUT2D eigenvalue weighted by atomic mass is 19.4. The van der Waals surface area contributed by atoms with Crippen LogP contribution in [0.25, 0.3) is 0 Å². The van der Waals surface area contributed by atoms with Gasteiger partial charge in [0, 0.05) is 18.3 Å². The van der Waals surface area contributed by atoms with E-state index < -0.39 is 6.36 Å². The quantitative estimate of drug-likeness (QED) is 0.227. The highest BCUT2D eigenvalue weighted by Gasteiger charge is 2.30. The predicted molar refractivity (Wildman–Crippen MR) is 135 cm³/mol. The molecule has 1 unspecified atom stereocenters. The third-order valence-electron chi connectivity index (χ3n) is 4.71. The lowest BCUT2D eigenvalue weighted by molar-refractivity contribution is -0.274. The van der Waals surface area contributed by atoms with Gasteiger partial charge in [-0.15, -0.1) is 13.2 Å². The van der Waals surface area contributed by atoms with Crippen LogP contribution in [0.2, 0.25) is 0 Å². The molecule has 3 rings (SSSR count). The van der Waals surface area contributed by atoms with Crippen molar-refractivity contribution in [2.45, 2.75) is 26.3 Å².